The fourth-order valence-electron chi connectivity index (χ4n) is 8.08. The van der Waals surface area contributed by atoms with E-state index in [0.29, 0.717) is 17.4 Å². The molecule has 2 atom stereocenters. The summed E-state index contributed by atoms with van der Waals surface area (Å²) in [5.74, 6) is -2.08. The van der Waals surface area contributed by atoms with Gasteiger partial charge in [0.2, 0.25) is 0 Å². The maximum Gasteiger partial charge on any atom is 0.361 e. The van der Waals surface area contributed by atoms with Gasteiger partial charge in [-0.05, 0) is 83.5 Å². The van der Waals surface area contributed by atoms with Gasteiger partial charge in [-0.1, -0.05) is 234 Å². The van der Waals surface area contributed by atoms with E-state index < -0.39 is 24.3 Å². The molecule has 0 aliphatic heterocycles. The number of aliphatic carboxylic acids is 1. The zero-order valence-electron chi connectivity index (χ0n) is 47.8. The molecule has 0 aliphatic rings. The van der Waals surface area contributed by atoms with Crippen molar-refractivity contribution in [2.24, 2.45) is 0 Å². The smallest absolute Gasteiger partial charge is 0.361 e. The molecule has 0 heterocycles. The van der Waals surface area contributed by atoms with E-state index in [0.717, 1.165) is 64.2 Å². The number of carboxylic acid groups (broad SMARTS) is 1. The lowest BCUT2D eigenvalue weighted by Gasteiger charge is -2.25. The van der Waals surface area contributed by atoms with Gasteiger partial charge in [-0.25, -0.2) is 4.79 Å². The van der Waals surface area contributed by atoms with Crippen LogP contribution in [-0.2, 0) is 33.3 Å². The third-order valence-corrected chi connectivity index (χ3v) is 12.6. The van der Waals surface area contributed by atoms with Crippen LogP contribution in [-0.4, -0.2) is 87.4 Å². The standard InChI is InChI=1S/C64H111NO8/c1-6-8-10-12-14-16-18-20-22-24-25-26-27-28-29-30-31-32-33-34-35-36-37-39-40-42-44-46-48-50-52-54-61(66)71-58-60(59-72-64(63(68)69)70-57-56-65(3,4)5)73-62(67)55-53-51-49-47-45-43-41-38-23-21-19-17-15-13-11-9-7-2/h9,11,15,17-18,20-21,23-25,41,43,47,49,60,64H,6-8,10,12-14,16,19,22,26-40,42,44-46,48,50-59H2,1-5H3/p+1/b11-9-,17-15-,20-18-,23-21-,25-24-,43-41-,49-47-. The van der Waals surface area contributed by atoms with Crippen LogP contribution in [0.15, 0.2) is 85.1 Å². The Morgan fingerprint density at radius 1 is 0.425 bits per heavy atom. The van der Waals surface area contributed by atoms with E-state index in [-0.39, 0.29) is 38.6 Å². The molecule has 420 valence electrons. The number of hydrogen-bond donors (Lipinski definition) is 1. The van der Waals surface area contributed by atoms with Crippen molar-refractivity contribution in [3.63, 3.8) is 0 Å². The van der Waals surface area contributed by atoms with Gasteiger partial charge in [0.15, 0.2) is 6.10 Å². The molecule has 0 aromatic heterocycles. The Labute approximate surface area is 449 Å². The number of likely N-dealkylation sites (N-methyl/N-ethyl adjacent to an activating group) is 1. The number of unbranched alkanes of at least 4 members (excludes halogenated alkanes) is 25. The number of nitrogens with zero attached hydrogens (tertiary/aromatic N) is 1. The molecule has 9 heteroatoms. The van der Waals surface area contributed by atoms with Crippen molar-refractivity contribution in [2.45, 2.75) is 257 Å². The predicted octanol–water partition coefficient (Wildman–Crippen LogP) is 17.6. The fraction of sp³-hybridized carbons (Fsp3) is 0.734. The molecule has 0 saturated heterocycles. The number of esters is 2. The van der Waals surface area contributed by atoms with Gasteiger partial charge in [0.05, 0.1) is 34.4 Å². The number of hydrogen-bond acceptors (Lipinski definition) is 7. The number of allylic oxidation sites excluding steroid dienone is 14. The van der Waals surface area contributed by atoms with Crippen LogP contribution in [0.3, 0.4) is 0 Å². The van der Waals surface area contributed by atoms with Crippen molar-refractivity contribution in [1.82, 2.24) is 0 Å². The highest BCUT2D eigenvalue weighted by Gasteiger charge is 2.25. The maximum atomic E-state index is 12.8. The van der Waals surface area contributed by atoms with Crippen LogP contribution in [0, 0.1) is 0 Å². The second-order valence-electron chi connectivity index (χ2n) is 20.9. The summed E-state index contributed by atoms with van der Waals surface area (Å²) in [5.41, 5.74) is 0. The molecule has 0 spiro atoms. The average molecular weight is 1020 g/mol. The van der Waals surface area contributed by atoms with Crippen LogP contribution in [0.4, 0.5) is 0 Å². The van der Waals surface area contributed by atoms with Crippen LogP contribution in [0.5, 0.6) is 0 Å². The Hall–Kier alpha value is -3.53. The lowest BCUT2D eigenvalue weighted by atomic mass is 10.0. The molecule has 0 fully saturated rings. The van der Waals surface area contributed by atoms with E-state index in [1.165, 1.54) is 148 Å². The summed E-state index contributed by atoms with van der Waals surface area (Å²) in [6, 6.07) is 0. The van der Waals surface area contributed by atoms with Crippen LogP contribution < -0.4 is 0 Å². The Kier molecular flexibility index (Phi) is 52.1. The summed E-state index contributed by atoms with van der Waals surface area (Å²) in [4.78, 5) is 37.4. The second-order valence-corrected chi connectivity index (χ2v) is 20.9. The minimum Gasteiger partial charge on any atom is -0.477 e. The van der Waals surface area contributed by atoms with Crippen LogP contribution >= 0.6 is 0 Å². The van der Waals surface area contributed by atoms with Crippen LogP contribution in [0.2, 0.25) is 0 Å². The largest absolute Gasteiger partial charge is 0.477 e. The molecule has 1 N–H and O–H groups in total. The predicted molar refractivity (Wildman–Crippen MR) is 309 cm³/mol. The molecule has 0 radical (unpaired) electrons. The molecule has 0 rings (SSSR count). The van der Waals surface area contributed by atoms with Gasteiger partial charge in [-0.15, -0.1) is 0 Å². The number of ether oxygens (including phenoxy) is 4. The molecule has 0 aliphatic carbocycles. The highest BCUT2D eigenvalue weighted by Crippen LogP contribution is 2.16. The third kappa shape index (κ3) is 56.0. The van der Waals surface area contributed by atoms with Gasteiger partial charge in [0, 0.05) is 12.8 Å². The summed E-state index contributed by atoms with van der Waals surface area (Å²) >= 11 is 0. The van der Waals surface area contributed by atoms with E-state index >= 15 is 0 Å². The van der Waals surface area contributed by atoms with Gasteiger partial charge in [0.1, 0.15) is 13.2 Å². The van der Waals surface area contributed by atoms with Gasteiger partial charge >= 0.3 is 17.9 Å². The van der Waals surface area contributed by atoms with E-state index in [9.17, 15) is 19.5 Å². The van der Waals surface area contributed by atoms with Crippen molar-refractivity contribution in [3.05, 3.63) is 85.1 Å². The first-order valence-corrected chi connectivity index (χ1v) is 29.8. The molecule has 0 bridgehead atoms. The Balaban J connectivity index is 4.17. The highest BCUT2D eigenvalue weighted by atomic mass is 16.7. The third-order valence-electron chi connectivity index (χ3n) is 12.6. The van der Waals surface area contributed by atoms with Crippen LogP contribution in [0.25, 0.3) is 0 Å². The topological polar surface area (TPSA) is 108 Å². The first-order chi connectivity index (χ1) is 35.6. The fourth-order valence-corrected chi connectivity index (χ4v) is 8.08. The van der Waals surface area contributed by atoms with Crippen molar-refractivity contribution in [1.29, 1.82) is 0 Å². The first kappa shape index (κ1) is 69.5. The Morgan fingerprint density at radius 3 is 1.21 bits per heavy atom. The zero-order chi connectivity index (χ0) is 53.4. The van der Waals surface area contributed by atoms with Crippen LogP contribution in [0.1, 0.15) is 245 Å². The summed E-state index contributed by atoms with van der Waals surface area (Å²) in [5, 5.41) is 9.69. The minimum atomic E-state index is -1.53. The van der Waals surface area contributed by atoms with Gasteiger partial charge in [-0.2, -0.15) is 0 Å². The maximum absolute atomic E-state index is 12.8. The summed E-state index contributed by atoms with van der Waals surface area (Å²) in [6.45, 7) is 4.69. The van der Waals surface area contributed by atoms with Gasteiger partial charge in [-0.3, -0.25) is 9.59 Å². The molecule has 0 aromatic rings. The van der Waals surface area contributed by atoms with Crippen molar-refractivity contribution in [2.75, 3.05) is 47.5 Å². The van der Waals surface area contributed by atoms with Crippen molar-refractivity contribution >= 4 is 17.9 Å². The molecule has 2 unspecified atom stereocenters. The number of quaternary nitrogens is 1. The van der Waals surface area contributed by atoms with E-state index in [1.807, 2.05) is 21.1 Å². The van der Waals surface area contributed by atoms with E-state index in [2.05, 4.69) is 98.9 Å². The quantitative estimate of drug-likeness (QED) is 0.0211. The number of rotatable bonds is 54. The lowest BCUT2D eigenvalue weighted by Crippen LogP contribution is -2.40. The SMILES string of the molecule is CC/C=C\C/C=C\C/C=C\C/C=C\C/C=C\CCCC(=O)OC(COC(=O)CCCCCCCCCCCCCCCCCCCCC/C=C\C/C=C\CCCCCCC)COC(OCC[N+](C)(C)C)C(=O)O. The lowest BCUT2D eigenvalue weighted by molar-refractivity contribution is -0.870. The molecule has 0 amide bonds. The Bertz CT molecular complexity index is 1470. The molecule has 0 saturated carbocycles. The van der Waals surface area contributed by atoms with Crippen molar-refractivity contribution in [3.8, 4) is 0 Å². The average Bonchev–Trinajstić information content (AvgIpc) is 3.36. The minimum absolute atomic E-state index is 0.174. The molecular weight excluding hydrogens is 911 g/mol. The molecule has 0 aromatic carbocycles. The first-order valence-electron chi connectivity index (χ1n) is 29.8. The molecule has 73 heavy (non-hydrogen) atoms. The summed E-state index contributed by atoms with van der Waals surface area (Å²) in [7, 11) is 5.95. The zero-order valence-corrected chi connectivity index (χ0v) is 47.8. The molecule has 9 nitrogen and oxygen atoms in total. The van der Waals surface area contributed by atoms with E-state index in [1.54, 1.807) is 0 Å². The monoisotopic (exact) mass is 1020 g/mol. The number of carbonyl (C=O) groups excluding carboxylic acids is 2. The van der Waals surface area contributed by atoms with E-state index in [4.69, 9.17) is 18.9 Å². The number of carboxylic acids is 1. The summed E-state index contributed by atoms with van der Waals surface area (Å²) < 4.78 is 22.8. The number of carbonyl (C=O) groups is 3. The highest BCUT2D eigenvalue weighted by molar-refractivity contribution is 5.71. The second kappa shape index (κ2) is 54.7. The molecular formula is C64H112NO8+. The van der Waals surface area contributed by atoms with Crippen molar-refractivity contribution < 1.29 is 42.9 Å². The Morgan fingerprint density at radius 2 is 0.795 bits per heavy atom. The van der Waals surface area contributed by atoms with Gasteiger partial charge in [0.25, 0.3) is 6.29 Å². The normalized spacial score (nSPS) is 13.4. The summed E-state index contributed by atoms with van der Waals surface area (Å²) in [6.07, 6.45) is 69.8. The van der Waals surface area contributed by atoms with Gasteiger partial charge < -0.3 is 28.5 Å².